The number of hydrogen-bond donors (Lipinski definition) is 0. The second-order valence-electron chi connectivity index (χ2n) is 5.66. The first kappa shape index (κ1) is 18.3. The van der Waals surface area contributed by atoms with Gasteiger partial charge in [-0.05, 0) is 38.7 Å². The number of nitrogens with zero attached hydrogens (tertiary/aromatic N) is 2. The summed E-state index contributed by atoms with van der Waals surface area (Å²) in [5.74, 6) is 1.17. The van der Waals surface area contributed by atoms with Gasteiger partial charge in [0.15, 0.2) is 0 Å². The van der Waals surface area contributed by atoms with Crippen LogP contribution in [0.2, 0.25) is 0 Å². The minimum Gasteiger partial charge on any atom is -0.498 e. The van der Waals surface area contributed by atoms with Crippen LogP contribution in [0.3, 0.4) is 0 Å². The Morgan fingerprint density at radius 2 is 2.14 bits per heavy atom. The van der Waals surface area contributed by atoms with Gasteiger partial charge in [0.2, 0.25) is 0 Å². The Hall–Kier alpha value is -1.71. The number of unbranched alkanes of at least 4 members (excludes halogenated alkanes) is 1. The van der Waals surface area contributed by atoms with Gasteiger partial charge in [0, 0.05) is 32.6 Å². The number of rotatable bonds is 10. The average molecular weight is 306 g/mol. The predicted octanol–water partition coefficient (Wildman–Crippen LogP) is 3.82. The van der Waals surface area contributed by atoms with E-state index in [1.807, 2.05) is 37.1 Å². The molecule has 22 heavy (non-hydrogen) atoms. The first-order valence-electron chi connectivity index (χ1n) is 8.16. The molecule has 1 aliphatic heterocycles. The van der Waals surface area contributed by atoms with Gasteiger partial charge in [-0.1, -0.05) is 12.2 Å². The summed E-state index contributed by atoms with van der Waals surface area (Å²) in [7, 11) is 1.87. The maximum atomic E-state index is 11.9. The van der Waals surface area contributed by atoms with Crippen LogP contribution < -0.4 is 0 Å². The number of carbonyl (C=O) groups is 1. The van der Waals surface area contributed by atoms with E-state index in [2.05, 4.69) is 13.2 Å². The lowest BCUT2D eigenvalue weighted by molar-refractivity contribution is 0.136. The minimum atomic E-state index is 0.152. The molecular weight excluding hydrogens is 276 g/mol. The summed E-state index contributed by atoms with van der Waals surface area (Å²) in [5.41, 5.74) is 0. The normalized spacial score (nSPS) is 17.4. The highest BCUT2D eigenvalue weighted by atomic mass is 16.5. The van der Waals surface area contributed by atoms with Crippen LogP contribution in [0.15, 0.2) is 37.1 Å². The van der Waals surface area contributed by atoms with Crippen molar-refractivity contribution < 1.29 is 9.53 Å². The fraction of sp³-hybridized carbons (Fsp3) is 0.611. The molecule has 0 aromatic carbocycles. The van der Waals surface area contributed by atoms with Crippen molar-refractivity contribution in [2.24, 2.45) is 5.92 Å². The molecule has 2 amide bonds. The van der Waals surface area contributed by atoms with Crippen LogP contribution in [-0.2, 0) is 4.74 Å². The van der Waals surface area contributed by atoms with Crippen molar-refractivity contribution in [3.63, 3.8) is 0 Å². The van der Waals surface area contributed by atoms with Crippen molar-refractivity contribution in [2.75, 3.05) is 33.3 Å². The molecule has 0 aliphatic carbocycles. The van der Waals surface area contributed by atoms with E-state index < -0.39 is 0 Å². The monoisotopic (exact) mass is 306 g/mol. The van der Waals surface area contributed by atoms with Crippen LogP contribution in [0, 0.1) is 5.92 Å². The Labute approximate surface area is 135 Å². The molecule has 4 nitrogen and oxygen atoms in total. The first-order chi connectivity index (χ1) is 10.6. The third kappa shape index (κ3) is 5.58. The molecule has 1 aliphatic rings. The van der Waals surface area contributed by atoms with Crippen molar-refractivity contribution in [3.05, 3.63) is 37.1 Å². The van der Waals surface area contributed by atoms with Gasteiger partial charge in [0.1, 0.15) is 0 Å². The Morgan fingerprint density at radius 3 is 2.77 bits per heavy atom. The van der Waals surface area contributed by atoms with E-state index >= 15 is 0 Å². The summed E-state index contributed by atoms with van der Waals surface area (Å²) in [6, 6.07) is 0.152. The highest BCUT2D eigenvalue weighted by molar-refractivity contribution is 5.74. The number of ether oxygens (including phenoxy) is 1. The van der Waals surface area contributed by atoms with Gasteiger partial charge in [-0.3, -0.25) is 0 Å². The smallest absolute Gasteiger partial charge is 0.319 e. The van der Waals surface area contributed by atoms with Gasteiger partial charge < -0.3 is 14.5 Å². The molecule has 0 radical (unpaired) electrons. The summed E-state index contributed by atoms with van der Waals surface area (Å²) in [6.45, 7) is 12.8. The van der Waals surface area contributed by atoms with Crippen LogP contribution in [0.5, 0.6) is 0 Å². The zero-order valence-electron chi connectivity index (χ0n) is 14.1. The molecule has 1 saturated heterocycles. The summed E-state index contributed by atoms with van der Waals surface area (Å²) in [4.78, 5) is 15.7. The van der Waals surface area contributed by atoms with Crippen LogP contribution in [0.4, 0.5) is 4.79 Å². The zero-order valence-corrected chi connectivity index (χ0v) is 14.1. The van der Waals surface area contributed by atoms with Gasteiger partial charge in [0.05, 0.1) is 12.4 Å². The summed E-state index contributed by atoms with van der Waals surface area (Å²) >= 11 is 0. The lowest BCUT2D eigenvalue weighted by Crippen LogP contribution is -2.47. The van der Waals surface area contributed by atoms with E-state index in [-0.39, 0.29) is 11.9 Å². The molecule has 1 atom stereocenters. The fourth-order valence-corrected chi connectivity index (χ4v) is 2.65. The molecule has 0 aromatic rings. The molecule has 1 heterocycles. The van der Waals surface area contributed by atoms with E-state index in [0.29, 0.717) is 6.61 Å². The summed E-state index contributed by atoms with van der Waals surface area (Å²) in [6.07, 6.45) is 9.61. The van der Waals surface area contributed by atoms with Gasteiger partial charge in [-0.25, -0.2) is 4.79 Å². The molecule has 0 aromatic heterocycles. The van der Waals surface area contributed by atoms with E-state index in [4.69, 9.17) is 4.74 Å². The second-order valence-corrected chi connectivity index (χ2v) is 5.66. The number of carbonyl (C=O) groups excluding carboxylic acids is 1. The van der Waals surface area contributed by atoms with Gasteiger partial charge >= 0.3 is 6.03 Å². The lowest BCUT2D eigenvalue weighted by Gasteiger charge is -2.33. The molecule has 0 saturated carbocycles. The topological polar surface area (TPSA) is 32.8 Å². The second kappa shape index (κ2) is 10.1. The van der Waals surface area contributed by atoms with Gasteiger partial charge in [-0.2, -0.15) is 0 Å². The van der Waals surface area contributed by atoms with Gasteiger partial charge in [-0.15, -0.1) is 13.2 Å². The molecule has 1 unspecified atom stereocenters. The standard InChI is InChI=1S/C18H30N2O2/c1-5-11-16(6-2)17(7-3)22-15-9-8-13-20-14-10-12-19(4)18(20)21/h5-7,16H,1-2,8-15H2,3-4H3. The third-order valence-electron chi connectivity index (χ3n) is 3.96. The number of allylic oxidation sites excluding steroid dienone is 3. The number of hydrogen-bond acceptors (Lipinski definition) is 2. The maximum Gasteiger partial charge on any atom is 0.319 e. The molecule has 0 bridgehead atoms. The fourth-order valence-electron chi connectivity index (χ4n) is 2.65. The molecular formula is C18H30N2O2. The highest BCUT2D eigenvalue weighted by Crippen LogP contribution is 2.18. The van der Waals surface area contributed by atoms with E-state index in [9.17, 15) is 4.79 Å². The van der Waals surface area contributed by atoms with Crippen molar-refractivity contribution in [2.45, 2.75) is 32.6 Å². The Balaban J connectivity index is 2.25. The van der Waals surface area contributed by atoms with Crippen molar-refractivity contribution in [1.29, 1.82) is 0 Å². The molecule has 0 spiro atoms. The Morgan fingerprint density at radius 1 is 1.36 bits per heavy atom. The van der Waals surface area contributed by atoms with Gasteiger partial charge in [0.25, 0.3) is 0 Å². The van der Waals surface area contributed by atoms with Crippen molar-refractivity contribution in [3.8, 4) is 0 Å². The Bertz CT molecular complexity index is 404. The highest BCUT2D eigenvalue weighted by Gasteiger charge is 2.21. The van der Waals surface area contributed by atoms with E-state index in [1.165, 1.54) is 0 Å². The predicted molar refractivity (Wildman–Crippen MR) is 91.7 cm³/mol. The summed E-state index contributed by atoms with van der Waals surface area (Å²) in [5, 5.41) is 0. The van der Waals surface area contributed by atoms with Crippen LogP contribution >= 0.6 is 0 Å². The SMILES string of the molecule is C=CCC(C=C)C(=CC)OCCCCN1CCCN(C)C1=O. The Kier molecular flexibility index (Phi) is 8.41. The molecule has 4 heteroatoms. The van der Waals surface area contributed by atoms with Crippen LogP contribution in [-0.4, -0.2) is 49.1 Å². The quantitative estimate of drug-likeness (QED) is 0.349. The molecule has 124 valence electrons. The van der Waals surface area contributed by atoms with Crippen LogP contribution in [0.1, 0.15) is 32.6 Å². The molecule has 1 rings (SSSR count). The third-order valence-corrected chi connectivity index (χ3v) is 3.96. The molecule has 1 fully saturated rings. The van der Waals surface area contributed by atoms with E-state index in [1.54, 1.807) is 4.90 Å². The van der Waals surface area contributed by atoms with Crippen molar-refractivity contribution >= 4 is 6.03 Å². The zero-order chi connectivity index (χ0) is 16.4. The first-order valence-corrected chi connectivity index (χ1v) is 8.16. The number of urea groups is 1. The average Bonchev–Trinajstić information content (AvgIpc) is 2.53. The number of amides is 2. The molecule has 0 N–H and O–H groups in total. The van der Waals surface area contributed by atoms with E-state index in [0.717, 1.165) is 51.1 Å². The maximum absolute atomic E-state index is 11.9. The minimum absolute atomic E-state index is 0.152. The largest absolute Gasteiger partial charge is 0.498 e. The summed E-state index contributed by atoms with van der Waals surface area (Å²) < 4.78 is 5.86. The lowest BCUT2D eigenvalue weighted by atomic mass is 10.0. The van der Waals surface area contributed by atoms with Crippen molar-refractivity contribution in [1.82, 2.24) is 9.80 Å². The van der Waals surface area contributed by atoms with Crippen LogP contribution in [0.25, 0.3) is 0 Å².